The van der Waals surface area contributed by atoms with Crippen molar-refractivity contribution in [3.8, 4) is 0 Å². The van der Waals surface area contributed by atoms with Gasteiger partial charge >= 0.3 is 0 Å². The van der Waals surface area contributed by atoms with E-state index in [2.05, 4.69) is 21.1 Å². The molecule has 0 saturated carbocycles. The number of fused-ring (bicyclic) bond motifs is 1. The van der Waals surface area contributed by atoms with Crippen LogP contribution in [-0.2, 0) is 30.7 Å². The quantitative estimate of drug-likeness (QED) is 0.791. The van der Waals surface area contributed by atoms with Gasteiger partial charge in [0.2, 0.25) is 5.91 Å². The second-order valence-electron chi connectivity index (χ2n) is 5.21. The lowest BCUT2D eigenvalue weighted by molar-refractivity contribution is -0.131. The Morgan fingerprint density at radius 2 is 2.19 bits per heavy atom. The van der Waals surface area contributed by atoms with Crippen LogP contribution < -0.4 is 0 Å². The first kappa shape index (κ1) is 14.5. The van der Waals surface area contributed by atoms with Gasteiger partial charge in [-0.3, -0.25) is 9.48 Å². The van der Waals surface area contributed by atoms with E-state index in [-0.39, 0.29) is 17.8 Å². The first-order chi connectivity index (χ1) is 10.2. The van der Waals surface area contributed by atoms with Gasteiger partial charge in [0.25, 0.3) is 0 Å². The number of rotatable bonds is 5. The predicted octanol–water partition coefficient (Wildman–Crippen LogP) is 2.09. The number of hydrogen-bond acceptors (Lipinski definition) is 4. The Morgan fingerprint density at radius 1 is 1.48 bits per heavy atom. The van der Waals surface area contributed by atoms with Crippen molar-refractivity contribution in [2.45, 2.75) is 38.9 Å². The minimum absolute atomic E-state index is 0.00522. The van der Waals surface area contributed by atoms with Crippen molar-refractivity contribution in [3.05, 3.63) is 33.8 Å². The minimum atomic E-state index is -0.0402. The molecule has 7 heteroatoms. The number of halogens is 1. The van der Waals surface area contributed by atoms with Gasteiger partial charge in [-0.1, -0.05) is 5.21 Å². The van der Waals surface area contributed by atoms with Gasteiger partial charge in [-0.15, -0.1) is 16.7 Å². The van der Waals surface area contributed by atoms with E-state index in [0.29, 0.717) is 6.54 Å². The fraction of sp³-hybridized carbons (Fsp3) is 0.500. The summed E-state index contributed by atoms with van der Waals surface area (Å²) in [5.74, 6) is -0.0350. The Morgan fingerprint density at radius 3 is 2.76 bits per heavy atom. The number of thiophene rings is 1. The Kier molecular flexibility index (Phi) is 4.26. The normalized spacial score (nSPS) is 14.4. The van der Waals surface area contributed by atoms with Crippen LogP contribution in [-0.4, -0.2) is 37.7 Å². The topological polar surface area (TPSA) is 51.0 Å². The van der Waals surface area contributed by atoms with Gasteiger partial charge in [0.05, 0.1) is 12.7 Å². The van der Waals surface area contributed by atoms with Gasteiger partial charge in [0.1, 0.15) is 11.6 Å². The first-order valence-electron chi connectivity index (χ1n) is 6.99. The van der Waals surface area contributed by atoms with Gasteiger partial charge in [-0.05, 0) is 41.7 Å². The van der Waals surface area contributed by atoms with E-state index in [1.165, 1.54) is 11.1 Å². The van der Waals surface area contributed by atoms with Crippen molar-refractivity contribution >= 4 is 28.8 Å². The van der Waals surface area contributed by atoms with E-state index in [9.17, 15) is 4.79 Å². The lowest BCUT2D eigenvalue weighted by Gasteiger charge is -2.27. The molecule has 2 aromatic heterocycles. The number of alkyl halides is 1. The van der Waals surface area contributed by atoms with E-state index < -0.39 is 0 Å². The largest absolute Gasteiger partial charge is 0.332 e. The third-order valence-corrected chi connectivity index (χ3v) is 4.93. The van der Waals surface area contributed by atoms with Crippen LogP contribution in [0.15, 0.2) is 17.0 Å². The van der Waals surface area contributed by atoms with Crippen LogP contribution in [0.4, 0.5) is 0 Å². The Labute approximate surface area is 132 Å². The monoisotopic (exact) mass is 324 g/mol. The Hall–Kier alpha value is -1.40. The summed E-state index contributed by atoms with van der Waals surface area (Å²) in [6, 6.07) is 0.182. The molecule has 0 saturated heterocycles. The fourth-order valence-electron chi connectivity index (χ4n) is 2.75. The number of carbonyl (C=O) groups is 1. The molecule has 0 radical (unpaired) electrons. The molecule has 0 aliphatic heterocycles. The molecule has 21 heavy (non-hydrogen) atoms. The molecule has 3 rings (SSSR count). The van der Waals surface area contributed by atoms with Gasteiger partial charge in [0, 0.05) is 12.6 Å². The molecule has 0 bridgehead atoms. The zero-order valence-electron chi connectivity index (χ0n) is 11.8. The summed E-state index contributed by atoms with van der Waals surface area (Å²) in [4.78, 5) is 14.0. The molecule has 0 fully saturated rings. The summed E-state index contributed by atoms with van der Waals surface area (Å²) < 4.78 is 1.77. The van der Waals surface area contributed by atoms with E-state index in [1.54, 1.807) is 16.0 Å². The van der Waals surface area contributed by atoms with Gasteiger partial charge in [0.15, 0.2) is 0 Å². The summed E-state index contributed by atoms with van der Waals surface area (Å²) in [5, 5.41) is 12.5. The van der Waals surface area contributed by atoms with Crippen molar-refractivity contribution in [1.29, 1.82) is 0 Å². The number of amides is 1. The standard InChI is InChI=1S/C14H17ClN4OS/c1-2-18-6-12(16-17-18)7-19(14(20)5-15)13-3-10-8-21-9-11(10)4-13/h6,8-9,13H,2-5,7H2,1H3. The minimum Gasteiger partial charge on any atom is -0.332 e. The molecule has 1 amide bonds. The zero-order chi connectivity index (χ0) is 14.8. The van der Waals surface area contributed by atoms with E-state index in [4.69, 9.17) is 11.6 Å². The molecule has 0 spiro atoms. The molecular formula is C14H17ClN4OS. The van der Waals surface area contributed by atoms with Crippen LogP contribution in [0.2, 0.25) is 0 Å². The van der Waals surface area contributed by atoms with Crippen LogP contribution in [0, 0.1) is 0 Å². The maximum atomic E-state index is 12.2. The second-order valence-corrected chi connectivity index (χ2v) is 6.22. The third kappa shape index (κ3) is 2.96. The van der Waals surface area contributed by atoms with Crippen molar-refractivity contribution in [3.63, 3.8) is 0 Å². The summed E-state index contributed by atoms with van der Waals surface area (Å²) in [6.45, 7) is 3.26. The van der Waals surface area contributed by atoms with Crippen molar-refractivity contribution < 1.29 is 4.79 Å². The molecule has 1 aliphatic rings. The van der Waals surface area contributed by atoms with Gasteiger partial charge < -0.3 is 4.90 Å². The van der Waals surface area contributed by atoms with E-state index in [1.807, 2.05) is 18.0 Å². The molecule has 2 aromatic rings. The Bertz CT molecular complexity index is 618. The number of aryl methyl sites for hydroxylation is 1. The smallest absolute Gasteiger partial charge is 0.238 e. The highest BCUT2D eigenvalue weighted by Crippen LogP contribution is 2.29. The molecule has 0 atom stereocenters. The maximum Gasteiger partial charge on any atom is 0.238 e. The Balaban J connectivity index is 1.75. The molecule has 5 nitrogen and oxygen atoms in total. The van der Waals surface area contributed by atoms with Crippen LogP contribution in [0.3, 0.4) is 0 Å². The maximum absolute atomic E-state index is 12.2. The van der Waals surface area contributed by atoms with Crippen LogP contribution in [0.25, 0.3) is 0 Å². The number of nitrogens with zero attached hydrogens (tertiary/aromatic N) is 4. The summed E-state index contributed by atoms with van der Waals surface area (Å²) in [6.07, 6.45) is 3.70. The van der Waals surface area contributed by atoms with Crippen LogP contribution >= 0.6 is 22.9 Å². The number of carbonyl (C=O) groups excluding carboxylic acids is 1. The van der Waals surface area contributed by atoms with Gasteiger partial charge in [-0.25, -0.2) is 0 Å². The molecule has 1 aliphatic carbocycles. The lowest BCUT2D eigenvalue weighted by atomic mass is 10.1. The molecule has 0 aromatic carbocycles. The average Bonchev–Trinajstić information content (AvgIpc) is 3.18. The molecule has 0 unspecified atom stereocenters. The second kappa shape index (κ2) is 6.15. The molecular weight excluding hydrogens is 308 g/mol. The average molecular weight is 325 g/mol. The van der Waals surface area contributed by atoms with Gasteiger partial charge in [-0.2, -0.15) is 11.3 Å². The number of hydrogen-bond donors (Lipinski definition) is 0. The summed E-state index contributed by atoms with van der Waals surface area (Å²) >= 11 is 7.50. The van der Waals surface area contributed by atoms with Crippen molar-refractivity contribution in [2.24, 2.45) is 0 Å². The van der Waals surface area contributed by atoms with Crippen molar-refractivity contribution in [2.75, 3.05) is 5.88 Å². The van der Waals surface area contributed by atoms with E-state index in [0.717, 1.165) is 25.1 Å². The highest BCUT2D eigenvalue weighted by molar-refractivity contribution is 7.08. The molecule has 112 valence electrons. The highest BCUT2D eigenvalue weighted by atomic mass is 35.5. The molecule has 0 N–H and O–H groups in total. The summed E-state index contributed by atoms with van der Waals surface area (Å²) in [5.41, 5.74) is 3.52. The summed E-state index contributed by atoms with van der Waals surface area (Å²) in [7, 11) is 0. The predicted molar refractivity (Wildman–Crippen MR) is 82.5 cm³/mol. The van der Waals surface area contributed by atoms with Crippen LogP contribution in [0.5, 0.6) is 0 Å². The lowest BCUT2D eigenvalue weighted by Crippen LogP contribution is -2.41. The SMILES string of the molecule is CCn1cc(CN(C(=O)CCl)C2Cc3cscc3C2)nn1. The highest BCUT2D eigenvalue weighted by Gasteiger charge is 2.30. The third-order valence-electron chi connectivity index (χ3n) is 3.86. The number of aromatic nitrogens is 3. The molecule has 2 heterocycles. The van der Waals surface area contributed by atoms with Crippen molar-refractivity contribution in [1.82, 2.24) is 19.9 Å². The van der Waals surface area contributed by atoms with E-state index >= 15 is 0 Å². The van der Waals surface area contributed by atoms with Crippen LogP contribution in [0.1, 0.15) is 23.7 Å². The first-order valence-corrected chi connectivity index (χ1v) is 8.47. The fourth-order valence-corrected chi connectivity index (χ4v) is 3.79. The zero-order valence-corrected chi connectivity index (χ0v) is 13.4.